The van der Waals surface area contributed by atoms with E-state index in [1.54, 1.807) is 29.4 Å². The second-order valence-electron chi connectivity index (χ2n) is 3.71. The molecule has 0 bridgehead atoms. The first-order valence-corrected chi connectivity index (χ1v) is 5.47. The number of aromatic nitrogens is 4. The van der Waals surface area contributed by atoms with E-state index in [2.05, 4.69) is 20.3 Å². The Hall–Kier alpha value is -2.96. The van der Waals surface area contributed by atoms with Crippen molar-refractivity contribution in [2.24, 2.45) is 0 Å². The van der Waals surface area contributed by atoms with Crippen LogP contribution in [-0.2, 0) is 0 Å². The van der Waals surface area contributed by atoms with Crippen LogP contribution in [0.3, 0.4) is 0 Å². The molecule has 3 rings (SSSR count). The lowest BCUT2D eigenvalue weighted by atomic mass is 10.3. The quantitative estimate of drug-likeness (QED) is 0.766. The summed E-state index contributed by atoms with van der Waals surface area (Å²) in [7, 11) is 0. The van der Waals surface area contributed by atoms with E-state index in [9.17, 15) is 4.79 Å². The monoisotopic (exact) mass is 255 g/mol. The van der Waals surface area contributed by atoms with Gasteiger partial charge in [0, 0.05) is 12.4 Å². The number of imidazole rings is 1. The predicted octanol–water partition coefficient (Wildman–Crippen LogP) is 1.51. The lowest BCUT2D eigenvalue weighted by Crippen LogP contribution is -2.11. The number of rotatable bonds is 3. The maximum Gasteiger partial charge on any atom is 0.258 e. The maximum atomic E-state index is 11.7. The third-order valence-corrected chi connectivity index (χ3v) is 2.41. The highest BCUT2D eigenvalue weighted by Gasteiger charge is 2.08. The minimum Gasteiger partial charge on any atom is -0.472 e. The van der Waals surface area contributed by atoms with Crippen molar-refractivity contribution >= 4 is 11.6 Å². The first kappa shape index (κ1) is 11.1. The van der Waals surface area contributed by atoms with Crippen molar-refractivity contribution in [3.8, 4) is 5.95 Å². The topological polar surface area (TPSA) is 85.8 Å². The third kappa shape index (κ3) is 2.34. The van der Waals surface area contributed by atoms with E-state index < -0.39 is 0 Å². The fourth-order valence-corrected chi connectivity index (χ4v) is 1.49. The molecule has 0 atom stereocenters. The number of hydrogen-bond acceptors (Lipinski definition) is 5. The lowest BCUT2D eigenvalue weighted by Gasteiger charge is -2.04. The van der Waals surface area contributed by atoms with Gasteiger partial charge in [0.15, 0.2) is 0 Å². The molecule has 0 fully saturated rings. The van der Waals surface area contributed by atoms with Gasteiger partial charge in [0.25, 0.3) is 5.91 Å². The number of furan rings is 1. The second-order valence-corrected chi connectivity index (χ2v) is 3.71. The molecule has 7 nitrogen and oxygen atoms in total. The number of carbonyl (C=O) groups excluding carboxylic acids is 1. The Morgan fingerprint density at radius 2 is 2.16 bits per heavy atom. The van der Waals surface area contributed by atoms with Gasteiger partial charge in [-0.25, -0.2) is 15.0 Å². The predicted molar refractivity (Wildman–Crippen MR) is 65.8 cm³/mol. The highest BCUT2D eigenvalue weighted by atomic mass is 16.3. The van der Waals surface area contributed by atoms with Crippen LogP contribution in [0.4, 0.5) is 5.69 Å². The highest BCUT2D eigenvalue weighted by molar-refractivity contribution is 6.03. The van der Waals surface area contributed by atoms with Crippen LogP contribution in [0.15, 0.2) is 54.1 Å². The summed E-state index contributed by atoms with van der Waals surface area (Å²) in [5.41, 5.74) is 0.953. The van der Waals surface area contributed by atoms with E-state index in [0.29, 0.717) is 17.2 Å². The summed E-state index contributed by atoms with van der Waals surface area (Å²) in [6.45, 7) is 0. The molecule has 0 saturated heterocycles. The normalized spacial score (nSPS) is 10.3. The first-order chi connectivity index (χ1) is 9.33. The Balaban J connectivity index is 1.75. The van der Waals surface area contributed by atoms with Gasteiger partial charge in [0.1, 0.15) is 12.6 Å². The Bertz CT molecular complexity index is 659. The van der Waals surface area contributed by atoms with E-state index in [0.717, 1.165) is 0 Å². The number of nitrogens with zero attached hydrogens (tertiary/aromatic N) is 4. The highest BCUT2D eigenvalue weighted by Crippen LogP contribution is 2.08. The Kier molecular flexibility index (Phi) is 2.77. The molecule has 0 aromatic carbocycles. The average molecular weight is 255 g/mol. The van der Waals surface area contributed by atoms with Crippen molar-refractivity contribution in [2.45, 2.75) is 0 Å². The van der Waals surface area contributed by atoms with E-state index in [1.165, 1.54) is 24.9 Å². The molecule has 3 aromatic rings. The number of nitrogens with one attached hydrogen (secondary N) is 1. The molecule has 94 valence electrons. The van der Waals surface area contributed by atoms with Gasteiger partial charge >= 0.3 is 0 Å². The maximum absolute atomic E-state index is 11.7. The number of anilines is 1. The molecule has 3 aromatic heterocycles. The van der Waals surface area contributed by atoms with Crippen LogP contribution in [0.2, 0.25) is 0 Å². The number of hydrogen-bond donors (Lipinski definition) is 1. The van der Waals surface area contributed by atoms with Crippen LogP contribution < -0.4 is 5.32 Å². The largest absolute Gasteiger partial charge is 0.472 e. The molecular formula is C12H9N5O2. The van der Waals surface area contributed by atoms with Gasteiger partial charge in [-0.3, -0.25) is 9.36 Å². The molecule has 3 heterocycles. The molecule has 0 spiro atoms. The van der Waals surface area contributed by atoms with Crippen molar-refractivity contribution in [1.82, 2.24) is 19.5 Å². The SMILES string of the molecule is O=C(Nc1cnc(-n2ccnc2)nc1)c1ccoc1. The van der Waals surface area contributed by atoms with Crippen LogP contribution in [0, 0.1) is 0 Å². The van der Waals surface area contributed by atoms with Crippen molar-refractivity contribution < 1.29 is 9.21 Å². The molecule has 7 heteroatoms. The van der Waals surface area contributed by atoms with E-state index in [4.69, 9.17) is 4.42 Å². The second kappa shape index (κ2) is 4.73. The Morgan fingerprint density at radius 3 is 2.79 bits per heavy atom. The summed E-state index contributed by atoms with van der Waals surface area (Å²) in [5.74, 6) is 0.214. The number of carbonyl (C=O) groups is 1. The summed E-state index contributed by atoms with van der Waals surface area (Å²) in [6.07, 6.45) is 10.8. The molecule has 0 aliphatic carbocycles. The van der Waals surface area contributed by atoms with Gasteiger partial charge in [-0.2, -0.15) is 0 Å². The summed E-state index contributed by atoms with van der Waals surface area (Å²) >= 11 is 0. The van der Waals surface area contributed by atoms with E-state index in [1.807, 2.05) is 0 Å². The molecule has 19 heavy (non-hydrogen) atoms. The molecule has 0 aliphatic rings. The summed E-state index contributed by atoms with van der Waals surface area (Å²) in [4.78, 5) is 23.9. The Morgan fingerprint density at radius 1 is 1.32 bits per heavy atom. The molecule has 1 amide bonds. The minimum absolute atomic E-state index is 0.271. The van der Waals surface area contributed by atoms with Crippen LogP contribution >= 0.6 is 0 Å². The van der Waals surface area contributed by atoms with Gasteiger partial charge in [-0.05, 0) is 6.07 Å². The van der Waals surface area contributed by atoms with Crippen molar-refractivity contribution in [2.75, 3.05) is 5.32 Å². The summed E-state index contributed by atoms with van der Waals surface area (Å²) in [5, 5.41) is 2.67. The fraction of sp³-hybridized carbons (Fsp3) is 0. The van der Waals surface area contributed by atoms with Crippen molar-refractivity contribution in [3.63, 3.8) is 0 Å². The van der Waals surface area contributed by atoms with E-state index in [-0.39, 0.29) is 5.91 Å². The first-order valence-electron chi connectivity index (χ1n) is 5.47. The zero-order chi connectivity index (χ0) is 13.1. The average Bonchev–Trinajstić information content (AvgIpc) is 3.13. The molecule has 0 radical (unpaired) electrons. The van der Waals surface area contributed by atoms with E-state index >= 15 is 0 Å². The van der Waals surface area contributed by atoms with Crippen molar-refractivity contribution in [3.05, 3.63) is 55.3 Å². The van der Waals surface area contributed by atoms with Gasteiger partial charge in [-0.1, -0.05) is 0 Å². The van der Waals surface area contributed by atoms with Crippen LogP contribution in [0.1, 0.15) is 10.4 Å². The van der Waals surface area contributed by atoms with Crippen molar-refractivity contribution in [1.29, 1.82) is 0 Å². The summed E-state index contributed by atoms with van der Waals surface area (Å²) in [6, 6.07) is 1.58. The van der Waals surface area contributed by atoms with Gasteiger partial charge in [-0.15, -0.1) is 0 Å². The molecule has 0 unspecified atom stereocenters. The molecule has 1 N–H and O–H groups in total. The zero-order valence-corrected chi connectivity index (χ0v) is 9.72. The third-order valence-electron chi connectivity index (χ3n) is 2.41. The van der Waals surface area contributed by atoms with Gasteiger partial charge < -0.3 is 9.73 Å². The fourth-order valence-electron chi connectivity index (χ4n) is 1.49. The van der Waals surface area contributed by atoms with Gasteiger partial charge in [0.05, 0.1) is 29.9 Å². The standard InChI is InChI=1S/C12H9N5O2/c18-11(9-1-4-19-7-9)16-10-5-14-12(15-6-10)17-3-2-13-8-17/h1-8H,(H,16,18). The summed E-state index contributed by atoms with van der Waals surface area (Å²) < 4.78 is 6.51. The van der Waals surface area contributed by atoms with Crippen LogP contribution in [0.25, 0.3) is 5.95 Å². The van der Waals surface area contributed by atoms with Crippen LogP contribution in [0.5, 0.6) is 0 Å². The smallest absolute Gasteiger partial charge is 0.258 e. The lowest BCUT2D eigenvalue weighted by molar-refractivity contribution is 0.102. The van der Waals surface area contributed by atoms with Crippen LogP contribution in [-0.4, -0.2) is 25.4 Å². The molecular weight excluding hydrogens is 246 g/mol. The minimum atomic E-state index is -0.271. The zero-order valence-electron chi connectivity index (χ0n) is 9.72. The Labute approximate surface area is 107 Å². The molecule has 0 aliphatic heterocycles. The van der Waals surface area contributed by atoms with Gasteiger partial charge in [0.2, 0.25) is 5.95 Å². The number of amides is 1. The molecule has 0 saturated carbocycles.